The average Bonchev–Trinajstić information content (AvgIpc) is 3.59. The van der Waals surface area contributed by atoms with E-state index in [-0.39, 0.29) is 20.4 Å². The van der Waals surface area contributed by atoms with Gasteiger partial charge in [0.25, 0.3) is 0 Å². The van der Waals surface area contributed by atoms with Gasteiger partial charge in [0.15, 0.2) is 0 Å². The van der Waals surface area contributed by atoms with Crippen LogP contribution in [0.2, 0.25) is 0 Å². The van der Waals surface area contributed by atoms with E-state index in [9.17, 15) is 0 Å². The van der Waals surface area contributed by atoms with Gasteiger partial charge in [-0.3, -0.25) is 4.68 Å². The quantitative estimate of drug-likeness (QED) is 0.116. The van der Waals surface area contributed by atoms with E-state index in [1.54, 1.807) is 0 Å². The minimum atomic E-state index is 0. The smallest absolute Gasteiger partial charge is 0.509 e. The van der Waals surface area contributed by atoms with Gasteiger partial charge in [-0.1, -0.05) is 37.6 Å². The molecule has 4 aromatic carbocycles. The van der Waals surface area contributed by atoms with Crippen LogP contribution in [0, 0.1) is 32.9 Å². The summed E-state index contributed by atoms with van der Waals surface area (Å²) in [5.41, 5.74) is 12.5. The van der Waals surface area contributed by atoms with E-state index in [0.29, 0.717) is 11.5 Å². The molecule has 0 radical (unpaired) electrons. The van der Waals surface area contributed by atoms with Crippen molar-refractivity contribution in [3.63, 3.8) is 0 Å². The molecule has 48 heavy (non-hydrogen) atoms. The van der Waals surface area contributed by atoms with Crippen LogP contribution in [-0.4, -0.2) is 33.4 Å². The van der Waals surface area contributed by atoms with Crippen LogP contribution >= 0.6 is 0 Å². The minimum absolute atomic E-state index is 0. The molecule has 0 aliphatic carbocycles. The molecule has 7 aromatic rings. The van der Waals surface area contributed by atoms with Gasteiger partial charge in [0.05, 0.1) is 5.69 Å². The molecule has 0 fully saturated rings. The molecule has 0 saturated heterocycles. The summed E-state index contributed by atoms with van der Waals surface area (Å²) in [4.78, 5) is 6.86. The van der Waals surface area contributed by atoms with Crippen molar-refractivity contribution in [1.29, 1.82) is 0 Å². The van der Waals surface area contributed by atoms with Crippen LogP contribution in [0.25, 0.3) is 44.4 Å². The Morgan fingerprint density at radius 2 is 1.52 bits per heavy atom. The number of anilines is 1. The summed E-state index contributed by atoms with van der Waals surface area (Å²) >= 11 is 0. The maximum atomic E-state index is 6.46. The number of hydrogen-bond acceptors (Lipinski definition) is 4. The van der Waals surface area contributed by atoms with Gasteiger partial charge in [-0.25, -0.2) is 4.98 Å². The average molecular weight is 724 g/mol. The Morgan fingerprint density at radius 1 is 0.771 bits per heavy atom. The van der Waals surface area contributed by atoms with Crippen molar-refractivity contribution in [3.8, 4) is 34.1 Å². The van der Waals surface area contributed by atoms with E-state index < -0.39 is 0 Å². The Kier molecular flexibility index (Phi) is 9.29. The van der Waals surface area contributed by atoms with Gasteiger partial charge in [-0.2, -0.15) is 17.2 Å². The van der Waals surface area contributed by atoms with E-state index in [1.165, 1.54) is 33.6 Å². The van der Waals surface area contributed by atoms with Gasteiger partial charge in [0.1, 0.15) is 5.82 Å². The zero-order valence-electron chi connectivity index (χ0n) is 28.5. The summed E-state index contributed by atoms with van der Waals surface area (Å²) in [6.45, 7) is 10.9. The largest absolute Gasteiger partial charge is 2.00 e. The summed E-state index contributed by atoms with van der Waals surface area (Å²) in [6, 6.07) is 34.2. The van der Waals surface area contributed by atoms with E-state index in [1.807, 2.05) is 41.2 Å². The molecule has 0 amide bonds. The number of nitrogens with zero attached hydrogens (tertiary/aromatic N) is 5. The molecule has 7 rings (SSSR count). The SMILES string of the molecule is CCc1nn(-c2[c-]c(Oc3[c-]c4c(cc3)c3ccccc3n4-c3cc(C)ccn3)ccc2)c(CC)c1-c1c(C)cc(N(C)C)cc1C.[Pd+2]. The van der Waals surface area contributed by atoms with Crippen molar-refractivity contribution in [2.75, 3.05) is 19.0 Å². The van der Waals surface area contributed by atoms with Crippen LogP contribution < -0.4 is 9.64 Å². The second-order valence-corrected chi connectivity index (χ2v) is 12.4. The van der Waals surface area contributed by atoms with Gasteiger partial charge >= 0.3 is 20.4 Å². The summed E-state index contributed by atoms with van der Waals surface area (Å²) < 4.78 is 10.7. The fourth-order valence-electron chi connectivity index (χ4n) is 6.71. The number of aryl methyl sites for hydroxylation is 4. The molecular weight excluding hydrogens is 685 g/mol. The first kappa shape index (κ1) is 33.2. The minimum Gasteiger partial charge on any atom is -0.509 e. The standard InChI is InChI=1S/C41H39N5O.Pd/c1-8-35-41(40-27(4)22-30(44(6)7)23-28(40)5)36(9-2)46(43-35)29-13-12-14-31(24-29)47-32-17-18-34-33-15-10-11-16-37(33)45(38(34)25-32)39-21-26(3)19-20-42-39;/h10-23H,8-9H2,1-7H3;/q-2;+2. The summed E-state index contributed by atoms with van der Waals surface area (Å²) in [5.74, 6) is 2.07. The normalized spacial score (nSPS) is 11.2. The number of hydrogen-bond donors (Lipinski definition) is 0. The molecule has 0 saturated carbocycles. The first-order valence-corrected chi connectivity index (χ1v) is 16.3. The molecule has 0 bridgehead atoms. The fraction of sp³-hybridized carbons (Fsp3) is 0.220. The number of pyridine rings is 1. The van der Waals surface area contributed by atoms with E-state index in [0.717, 1.165) is 57.4 Å². The van der Waals surface area contributed by atoms with Gasteiger partial charge in [-0.15, -0.1) is 35.7 Å². The second-order valence-electron chi connectivity index (χ2n) is 12.4. The molecule has 7 heteroatoms. The number of ether oxygens (including phenoxy) is 1. The molecule has 3 aromatic heterocycles. The van der Waals surface area contributed by atoms with Crippen LogP contribution in [0.4, 0.5) is 5.69 Å². The van der Waals surface area contributed by atoms with Crippen molar-refractivity contribution in [3.05, 3.63) is 125 Å². The van der Waals surface area contributed by atoms with E-state index in [2.05, 4.69) is 119 Å². The molecule has 3 heterocycles. The number of para-hydroxylation sites is 1. The van der Waals surface area contributed by atoms with Crippen molar-refractivity contribution in [2.45, 2.75) is 47.5 Å². The fourth-order valence-corrected chi connectivity index (χ4v) is 6.71. The maximum Gasteiger partial charge on any atom is 2.00 e. The van der Waals surface area contributed by atoms with Crippen molar-refractivity contribution < 1.29 is 25.2 Å². The first-order chi connectivity index (χ1) is 22.8. The molecule has 244 valence electrons. The van der Waals surface area contributed by atoms with Crippen LogP contribution in [-0.2, 0) is 33.3 Å². The predicted octanol–water partition coefficient (Wildman–Crippen LogP) is 9.54. The molecule has 6 nitrogen and oxygen atoms in total. The van der Waals surface area contributed by atoms with Gasteiger partial charge in [0, 0.05) is 54.3 Å². The molecule has 0 aliphatic heterocycles. The number of fused-ring (bicyclic) bond motifs is 3. The molecule has 0 N–H and O–H groups in total. The molecule has 0 aliphatic rings. The third-order valence-corrected chi connectivity index (χ3v) is 8.90. The summed E-state index contributed by atoms with van der Waals surface area (Å²) in [7, 11) is 4.17. The van der Waals surface area contributed by atoms with Crippen molar-refractivity contribution >= 4 is 27.5 Å². The summed E-state index contributed by atoms with van der Waals surface area (Å²) in [6.07, 6.45) is 3.51. The number of aromatic nitrogens is 4. The van der Waals surface area contributed by atoms with Crippen LogP contribution in [0.15, 0.2) is 85.1 Å². The van der Waals surface area contributed by atoms with Gasteiger partial charge < -0.3 is 14.2 Å². The van der Waals surface area contributed by atoms with Crippen LogP contribution in [0.5, 0.6) is 11.5 Å². The molecule has 0 spiro atoms. The van der Waals surface area contributed by atoms with Crippen LogP contribution in [0.3, 0.4) is 0 Å². The second kappa shape index (κ2) is 13.4. The zero-order chi connectivity index (χ0) is 32.8. The monoisotopic (exact) mass is 723 g/mol. The molecule has 0 unspecified atom stereocenters. The third kappa shape index (κ3) is 5.83. The number of rotatable bonds is 8. The topological polar surface area (TPSA) is 48.1 Å². The van der Waals surface area contributed by atoms with Gasteiger partial charge in [0.2, 0.25) is 0 Å². The first-order valence-electron chi connectivity index (χ1n) is 16.3. The summed E-state index contributed by atoms with van der Waals surface area (Å²) in [5, 5.41) is 7.40. The molecular formula is C41H39N5OPd. The zero-order valence-corrected chi connectivity index (χ0v) is 30.0. The predicted molar refractivity (Wildman–Crippen MR) is 193 cm³/mol. The van der Waals surface area contributed by atoms with E-state index >= 15 is 0 Å². The maximum absolute atomic E-state index is 6.46. The number of benzene rings is 4. The Hall–Kier alpha value is -4.70. The van der Waals surface area contributed by atoms with Crippen molar-refractivity contribution in [1.82, 2.24) is 19.3 Å². The Labute approximate surface area is 296 Å². The van der Waals surface area contributed by atoms with Gasteiger partial charge in [-0.05, 0) is 97.3 Å². The van der Waals surface area contributed by atoms with Crippen LogP contribution in [0.1, 0.15) is 41.9 Å². The Balaban J connectivity index is 0.00000401. The molecule has 0 atom stereocenters. The third-order valence-electron chi connectivity index (χ3n) is 8.90. The Morgan fingerprint density at radius 3 is 2.23 bits per heavy atom. The van der Waals surface area contributed by atoms with Crippen molar-refractivity contribution in [2.24, 2.45) is 0 Å². The van der Waals surface area contributed by atoms with E-state index in [4.69, 9.17) is 14.8 Å². The Bertz CT molecular complexity index is 2260.